The van der Waals surface area contributed by atoms with Gasteiger partial charge in [0.15, 0.2) is 0 Å². The topological polar surface area (TPSA) is 56.6 Å². The Balaban J connectivity index is 1.75. The number of aromatic nitrogens is 2. The summed E-state index contributed by atoms with van der Waals surface area (Å²) in [4.78, 5) is 15.1. The van der Waals surface area contributed by atoms with Crippen molar-refractivity contribution >= 4 is 5.91 Å². The van der Waals surface area contributed by atoms with Gasteiger partial charge in [-0.1, -0.05) is 32.0 Å². The lowest BCUT2D eigenvalue weighted by atomic mass is 9.93. The molecule has 1 aliphatic rings. The fraction of sp³-hybridized carbons (Fsp3) is 0.545. The number of hydrogen-bond donors (Lipinski definition) is 0. The zero-order chi connectivity index (χ0) is 20.1. The van der Waals surface area contributed by atoms with Crippen molar-refractivity contribution in [2.24, 2.45) is 0 Å². The summed E-state index contributed by atoms with van der Waals surface area (Å²) in [5.41, 5.74) is 1.11. The van der Waals surface area contributed by atoms with Crippen molar-refractivity contribution in [2.45, 2.75) is 51.7 Å². The molecular weight excluding hydrogens is 354 g/mol. The minimum absolute atomic E-state index is 0.0158. The Kier molecular flexibility index (Phi) is 6.39. The molecule has 1 aromatic carbocycles. The molecule has 1 amide bonds. The Morgan fingerprint density at radius 2 is 2.04 bits per heavy atom. The van der Waals surface area contributed by atoms with E-state index < -0.39 is 5.60 Å². The van der Waals surface area contributed by atoms with Gasteiger partial charge in [-0.25, -0.2) is 0 Å². The number of hydrogen-bond acceptors (Lipinski definition) is 4. The zero-order valence-electron chi connectivity index (χ0n) is 17.4. The third-order valence-corrected chi connectivity index (χ3v) is 5.41. The van der Waals surface area contributed by atoms with E-state index in [9.17, 15) is 4.79 Å². The minimum atomic E-state index is -0.498. The standard InChI is InChI=1S/C22H31N3O3/c1-5-25-20(14-19(23-25)17(2)3)21(26)24-13-9-12-22(15-24,27-4)16-28-18-10-7-6-8-11-18/h6-8,10-11,14,17H,5,9,12-13,15-16H2,1-4H3. The van der Waals surface area contributed by atoms with Gasteiger partial charge < -0.3 is 14.4 Å². The first kappa shape index (κ1) is 20.4. The van der Waals surface area contributed by atoms with Crippen LogP contribution in [0.3, 0.4) is 0 Å². The average Bonchev–Trinajstić information content (AvgIpc) is 3.17. The average molecular weight is 386 g/mol. The summed E-state index contributed by atoms with van der Waals surface area (Å²) >= 11 is 0. The lowest BCUT2D eigenvalue weighted by Gasteiger charge is -2.41. The molecule has 0 N–H and O–H groups in total. The van der Waals surface area contributed by atoms with Gasteiger partial charge in [0.05, 0.1) is 12.2 Å². The number of benzene rings is 1. The Bertz CT molecular complexity index is 788. The van der Waals surface area contributed by atoms with Crippen molar-refractivity contribution in [3.63, 3.8) is 0 Å². The highest BCUT2D eigenvalue weighted by molar-refractivity contribution is 5.93. The van der Waals surface area contributed by atoms with Crippen LogP contribution in [0.4, 0.5) is 0 Å². The number of ether oxygens (including phenoxy) is 2. The number of para-hydroxylation sites is 1. The molecule has 0 spiro atoms. The summed E-state index contributed by atoms with van der Waals surface area (Å²) in [5, 5.41) is 4.59. The SMILES string of the molecule is CCn1nc(C(C)C)cc1C(=O)N1CCCC(COc2ccccc2)(OC)C1. The van der Waals surface area contributed by atoms with Crippen molar-refractivity contribution in [2.75, 3.05) is 26.8 Å². The van der Waals surface area contributed by atoms with Crippen LogP contribution >= 0.6 is 0 Å². The second-order valence-electron chi connectivity index (χ2n) is 7.74. The van der Waals surface area contributed by atoms with Gasteiger partial charge in [0.2, 0.25) is 0 Å². The molecule has 6 nitrogen and oxygen atoms in total. The minimum Gasteiger partial charge on any atom is -0.491 e. The molecule has 0 bridgehead atoms. The second kappa shape index (κ2) is 8.78. The summed E-state index contributed by atoms with van der Waals surface area (Å²) in [6.07, 6.45) is 1.75. The number of amides is 1. The van der Waals surface area contributed by atoms with E-state index in [4.69, 9.17) is 9.47 Å². The maximum atomic E-state index is 13.3. The third-order valence-electron chi connectivity index (χ3n) is 5.41. The quantitative estimate of drug-likeness (QED) is 0.729. The molecule has 1 unspecified atom stereocenters. The van der Waals surface area contributed by atoms with Crippen LogP contribution in [-0.2, 0) is 11.3 Å². The van der Waals surface area contributed by atoms with Gasteiger partial charge in [-0.3, -0.25) is 9.48 Å². The summed E-state index contributed by atoms with van der Waals surface area (Å²) in [5.74, 6) is 1.12. The Morgan fingerprint density at radius 1 is 1.29 bits per heavy atom. The molecule has 1 aliphatic heterocycles. The predicted molar refractivity (Wildman–Crippen MR) is 109 cm³/mol. The maximum absolute atomic E-state index is 13.3. The molecule has 152 valence electrons. The molecule has 1 aromatic heterocycles. The van der Waals surface area contributed by atoms with E-state index in [0.29, 0.717) is 25.4 Å². The van der Waals surface area contributed by atoms with E-state index in [-0.39, 0.29) is 11.8 Å². The van der Waals surface area contributed by atoms with Crippen LogP contribution in [0, 0.1) is 0 Å². The number of carbonyl (C=O) groups is 1. The van der Waals surface area contributed by atoms with Crippen LogP contribution in [0.15, 0.2) is 36.4 Å². The van der Waals surface area contributed by atoms with Crippen molar-refractivity contribution in [1.82, 2.24) is 14.7 Å². The summed E-state index contributed by atoms with van der Waals surface area (Å²) in [6, 6.07) is 11.7. The van der Waals surface area contributed by atoms with E-state index in [2.05, 4.69) is 18.9 Å². The number of rotatable bonds is 7. The second-order valence-corrected chi connectivity index (χ2v) is 7.74. The third kappa shape index (κ3) is 4.38. The lowest BCUT2D eigenvalue weighted by molar-refractivity contribution is -0.0826. The first-order valence-corrected chi connectivity index (χ1v) is 10.1. The van der Waals surface area contributed by atoms with Crippen LogP contribution in [0.25, 0.3) is 0 Å². The molecule has 0 radical (unpaired) electrons. The molecule has 28 heavy (non-hydrogen) atoms. The van der Waals surface area contributed by atoms with Crippen LogP contribution in [0.1, 0.15) is 55.7 Å². The molecule has 2 heterocycles. The highest BCUT2D eigenvalue weighted by Gasteiger charge is 2.39. The molecule has 2 aromatic rings. The van der Waals surface area contributed by atoms with Gasteiger partial charge >= 0.3 is 0 Å². The molecule has 3 rings (SSSR count). The molecular formula is C22H31N3O3. The van der Waals surface area contributed by atoms with Gasteiger partial charge in [-0.15, -0.1) is 0 Å². The normalized spacial score (nSPS) is 19.8. The van der Waals surface area contributed by atoms with Crippen molar-refractivity contribution in [3.8, 4) is 5.75 Å². The highest BCUT2D eigenvalue weighted by atomic mass is 16.5. The van der Waals surface area contributed by atoms with E-state index in [1.165, 1.54) is 0 Å². The lowest BCUT2D eigenvalue weighted by Crippen LogP contribution is -2.54. The van der Waals surface area contributed by atoms with Gasteiger partial charge in [-0.05, 0) is 43.9 Å². The van der Waals surface area contributed by atoms with Crippen LogP contribution in [0.2, 0.25) is 0 Å². The molecule has 1 fully saturated rings. The maximum Gasteiger partial charge on any atom is 0.272 e. The summed E-state index contributed by atoms with van der Waals surface area (Å²) < 4.78 is 13.7. The highest BCUT2D eigenvalue weighted by Crippen LogP contribution is 2.27. The zero-order valence-corrected chi connectivity index (χ0v) is 17.4. The first-order chi connectivity index (χ1) is 13.5. The van der Waals surface area contributed by atoms with Gasteiger partial charge in [0, 0.05) is 20.2 Å². The summed E-state index contributed by atoms with van der Waals surface area (Å²) in [7, 11) is 1.70. The predicted octanol–water partition coefficient (Wildman–Crippen LogP) is 3.73. The number of likely N-dealkylation sites (tertiary alicyclic amines) is 1. The Labute approximate surface area is 167 Å². The number of aryl methyl sites for hydroxylation is 1. The van der Waals surface area contributed by atoms with Crippen LogP contribution in [-0.4, -0.2) is 53.0 Å². The Hall–Kier alpha value is -2.34. The van der Waals surface area contributed by atoms with Crippen LogP contribution < -0.4 is 4.74 Å². The number of methoxy groups -OCH3 is 1. The van der Waals surface area contributed by atoms with E-state index in [1.54, 1.807) is 11.8 Å². The number of piperidine rings is 1. The summed E-state index contributed by atoms with van der Waals surface area (Å²) in [6.45, 7) is 8.53. The van der Waals surface area contributed by atoms with Crippen LogP contribution in [0.5, 0.6) is 5.75 Å². The van der Waals surface area contributed by atoms with Gasteiger partial charge in [0.25, 0.3) is 5.91 Å². The monoisotopic (exact) mass is 385 g/mol. The smallest absolute Gasteiger partial charge is 0.272 e. The fourth-order valence-corrected chi connectivity index (χ4v) is 3.64. The van der Waals surface area contributed by atoms with E-state index >= 15 is 0 Å². The fourth-order valence-electron chi connectivity index (χ4n) is 3.64. The number of carbonyl (C=O) groups excluding carboxylic acids is 1. The molecule has 1 atom stereocenters. The molecule has 0 aliphatic carbocycles. The number of nitrogens with zero attached hydrogens (tertiary/aromatic N) is 3. The largest absolute Gasteiger partial charge is 0.491 e. The van der Waals surface area contributed by atoms with Crippen molar-refractivity contribution in [3.05, 3.63) is 47.8 Å². The van der Waals surface area contributed by atoms with E-state index in [0.717, 1.165) is 30.8 Å². The van der Waals surface area contributed by atoms with Crippen molar-refractivity contribution in [1.29, 1.82) is 0 Å². The molecule has 1 saturated heterocycles. The van der Waals surface area contributed by atoms with Crippen molar-refractivity contribution < 1.29 is 14.3 Å². The first-order valence-electron chi connectivity index (χ1n) is 10.1. The molecule has 6 heteroatoms. The van der Waals surface area contributed by atoms with Gasteiger partial charge in [0.1, 0.15) is 23.7 Å². The Morgan fingerprint density at radius 3 is 2.68 bits per heavy atom. The van der Waals surface area contributed by atoms with Gasteiger partial charge in [-0.2, -0.15) is 5.10 Å². The van der Waals surface area contributed by atoms with E-state index in [1.807, 2.05) is 48.2 Å². The molecule has 0 saturated carbocycles.